The van der Waals surface area contributed by atoms with Crippen LogP contribution >= 0.6 is 0 Å². The van der Waals surface area contributed by atoms with E-state index in [1.807, 2.05) is 20.0 Å². The Kier molecular flexibility index (Phi) is 1.93. The Hall–Kier alpha value is -1.89. The molecule has 0 fully saturated rings. The van der Waals surface area contributed by atoms with Crippen LogP contribution in [-0.4, -0.2) is 14.8 Å². The van der Waals surface area contributed by atoms with E-state index in [4.69, 9.17) is 5.26 Å². The first-order chi connectivity index (χ1) is 6.76. The molecular formula is C10H10N4. The van der Waals surface area contributed by atoms with Crippen molar-refractivity contribution in [1.29, 1.82) is 5.26 Å². The quantitative estimate of drug-likeness (QED) is 0.676. The Bertz CT molecular complexity index is 519. The Morgan fingerprint density at radius 3 is 3.00 bits per heavy atom. The summed E-state index contributed by atoms with van der Waals surface area (Å²) in [5.41, 5.74) is 2.32. The van der Waals surface area contributed by atoms with Gasteiger partial charge in [0.25, 0.3) is 0 Å². The second kappa shape index (κ2) is 3.11. The highest BCUT2D eigenvalue weighted by Crippen LogP contribution is 2.15. The lowest BCUT2D eigenvalue weighted by Gasteiger charge is -2.00. The monoisotopic (exact) mass is 186 g/mol. The molecule has 0 spiro atoms. The van der Waals surface area contributed by atoms with Crippen LogP contribution in [0.1, 0.15) is 18.2 Å². The third-order valence-corrected chi connectivity index (χ3v) is 2.24. The summed E-state index contributed by atoms with van der Waals surface area (Å²) in [6.07, 6.45) is 2.49. The van der Waals surface area contributed by atoms with Crippen LogP contribution in [0.5, 0.6) is 0 Å². The van der Waals surface area contributed by atoms with Crippen molar-refractivity contribution in [3.8, 4) is 6.07 Å². The largest absolute Gasteiger partial charge is 0.250 e. The standard InChI is InChI=1S/C10H10N4/c1-3-9-7(5-11)4-8-6-12-14(2)10(8)13-9/h4,6H,3H2,1-2H3. The van der Waals surface area contributed by atoms with E-state index in [9.17, 15) is 0 Å². The van der Waals surface area contributed by atoms with E-state index in [0.717, 1.165) is 23.1 Å². The summed E-state index contributed by atoms with van der Waals surface area (Å²) in [6.45, 7) is 1.99. The summed E-state index contributed by atoms with van der Waals surface area (Å²) >= 11 is 0. The average molecular weight is 186 g/mol. The summed E-state index contributed by atoms with van der Waals surface area (Å²) in [6, 6.07) is 3.99. The summed E-state index contributed by atoms with van der Waals surface area (Å²) in [5.74, 6) is 0. The molecule has 0 saturated carbocycles. The molecule has 2 aromatic heterocycles. The summed E-state index contributed by atoms with van der Waals surface area (Å²) in [4.78, 5) is 4.40. The minimum absolute atomic E-state index is 0.646. The van der Waals surface area contributed by atoms with Gasteiger partial charge in [0.1, 0.15) is 6.07 Å². The molecule has 14 heavy (non-hydrogen) atoms. The molecule has 0 radical (unpaired) electrons. The molecule has 0 atom stereocenters. The fourth-order valence-corrected chi connectivity index (χ4v) is 1.48. The molecule has 0 aliphatic rings. The number of rotatable bonds is 1. The van der Waals surface area contributed by atoms with Crippen molar-refractivity contribution in [2.45, 2.75) is 13.3 Å². The van der Waals surface area contributed by atoms with Gasteiger partial charge >= 0.3 is 0 Å². The maximum atomic E-state index is 8.90. The van der Waals surface area contributed by atoms with Crippen molar-refractivity contribution < 1.29 is 0 Å². The number of hydrogen-bond donors (Lipinski definition) is 0. The molecule has 0 aliphatic carbocycles. The van der Waals surface area contributed by atoms with Gasteiger partial charge in [0.15, 0.2) is 5.65 Å². The molecule has 70 valence electrons. The van der Waals surface area contributed by atoms with E-state index < -0.39 is 0 Å². The Labute approximate surface area is 81.8 Å². The molecule has 4 heteroatoms. The zero-order valence-corrected chi connectivity index (χ0v) is 8.15. The number of aryl methyl sites for hydroxylation is 2. The number of nitriles is 1. The minimum Gasteiger partial charge on any atom is -0.250 e. The maximum absolute atomic E-state index is 8.90. The van der Waals surface area contributed by atoms with Gasteiger partial charge in [-0.2, -0.15) is 10.4 Å². The third kappa shape index (κ3) is 1.14. The van der Waals surface area contributed by atoms with Crippen molar-refractivity contribution in [3.63, 3.8) is 0 Å². The highest BCUT2D eigenvalue weighted by atomic mass is 15.3. The van der Waals surface area contributed by atoms with Gasteiger partial charge in [0.2, 0.25) is 0 Å². The zero-order valence-electron chi connectivity index (χ0n) is 8.15. The van der Waals surface area contributed by atoms with E-state index in [0.29, 0.717) is 5.56 Å². The SMILES string of the molecule is CCc1nc2c(cnn2C)cc1C#N. The highest BCUT2D eigenvalue weighted by molar-refractivity contribution is 5.76. The number of aromatic nitrogens is 3. The van der Waals surface area contributed by atoms with Crippen LogP contribution in [0.4, 0.5) is 0 Å². The summed E-state index contributed by atoms with van der Waals surface area (Å²) < 4.78 is 1.72. The maximum Gasteiger partial charge on any atom is 0.157 e. The zero-order chi connectivity index (χ0) is 10.1. The number of fused-ring (bicyclic) bond motifs is 1. The molecule has 2 rings (SSSR count). The van der Waals surface area contributed by atoms with Crippen LogP contribution in [-0.2, 0) is 13.5 Å². The van der Waals surface area contributed by atoms with Gasteiger partial charge < -0.3 is 0 Å². The van der Waals surface area contributed by atoms with Crippen LogP contribution in [0.15, 0.2) is 12.3 Å². The fourth-order valence-electron chi connectivity index (χ4n) is 1.48. The van der Waals surface area contributed by atoms with Gasteiger partial charge in [-0.3, -0.25) is 4.68 Å². The van der Waals surface area contributed by atoms with Gasteiger partial charge in [0, 0.05) is 12.4 Å². The van der Waals surface area contributed by atoms with E-state index >= 15 is 0 Å². The van der Waals surface area contributed by atoms with E-state index in [1.165, 1.54) is 0 Å². The van der Waals surface area contributed by atoms with Crippen molar-refractivity contribution in [3.05, 3.63) is 23.5 Å². The van der Waals surface area contributed by atoms with Crippen LogP contribution in [0.25, 0.3) is 11.0 Å². The molecule has 4 nitrogen and oxygen atoms in total. The van der Waals surface area contributed by atoms with Gasteiger partial charge in [-0.15, -0.1) is 0 Å². The molecule has 2 heterocycles. The van der Waals surface area contributed by atoms with Gasteiger partial charge in [-0.25, -0.2) is 4.98 Å². The molecule has 0 saturated heterocycles. The molecule has 0 bridgehead atoms. The molecule has 0 aliphatic heterocycles. The predicted octanol–water partition coefficient (Wildman–Crippen LogP) is 1.40. The van der Waals surface area contributed by atoms with Crippen molar-refractivity contribution >= 4 is 11.0 Å². The fraction of sp³-hybridized carbons (Fsp3) is 0.300. The van der Waals surface area contributed by atoms with Crippen molar-refractivity contribution in [2.75, 3.05) is 0 Å². The second-order valence-corrected chi connectivity index (χ2v) is 3.13. The Balaban J connectivity index is 2.79. The first-order valence-electron chi connectivity index (χ1n) is 4.48. The van der Waals surface area contributed by atoms with Crippen molar-refractivity contribution in [2.24, 2.45) is 7.05 Å². The third-order valence-electron chi connectivity index (χ3n) is 2.24. The van der Waals surface area contributed by atoms with Crippen LogP contribution < -0.4 is 0 Å². The molecule has 0 unspecified atom stereocenters. The van der Waals surface area contributed by atoms with E-state index in [1.54, 1.807) is 10.9 Å². The van der Waals surface area contributed by atoms with E-state index in [2.05, 4.69) is 16.2 Å². The summed E-state index contributed by atoms with van der Waals surface area (Å²) in [5, 5.41) is 13.9. The lowest BCUT2D eigenvalue weighted by molar-refractivity contribution is 0.783. The molecule has 0 amide bonds. The normalized spacial score (nSPS) is 10.4. The van der Waals surface area contributed by atoms with Crippen LogP contribution in [0.3, 0.4) is 0 Å². The summed E-state index contributed by atoms with van der Waals surface area (Å²) in [7, 11) is 1.85. The molecular weight excluding hydrogens is 176 g/mol. The number of nitrogens with zero attached hydrogens (tertiary/aromatic N) is 4. The lowest BCUT2D eigenvalue weighted by Crippen LogP contribution is -1.97. The van der Waals surface area contributed by atoms with E-state index in [-0.39, 0.29) is 0 Å². The second-order valence-electron chi connectivity index (χ2n) is 3.13. The lowest BCUT2D eigenvalue weighted by atomic mass is 10.1. The first-order valence-corrected chi connectivity index (χ1v) is 4.48. The number of hydrogen-bond acceptors (Lipinski definition) is 3. The molecule has 0 N–H and O–H groups in total. The molecule has 2 aromatic rings. The van der Waals surface area contributed by atoms with Gasteiger partial charge in [-0.1, -0.05) is 6.92 Å². The van der Waals surface area contributed by atoms with Crippen molar-refractivity contribution in [1.82, 2.24) is 14.8 Å². The smallest absolute Gasteiger partial charge is 0.157 e. The van der Waals surface area contributed by atoms with Gasteiger partial charge in [-0.05, 0) is 12.5 Å². The van der Waals surface area contributed by atoms with Crippen LogP contribution in [0, 0.1) is 11.3 Å². The average Bonchev–Trinajstić information content (AvgIpc) is 2.58. The minimum atomic E-state index is 0.646. The highest BCUT2D eigenvalue weighted by Gasteiger charge is 2.07. The number of pyridine rings is 1. The Morgan fingerprint density at radius 1 is 1.57 bits per heavy atom. The van der Waals surface area contributed by atoms with Gasteiger partial charge in [0.05, 0.1) is 17.5 Å². The van der Waals surface area contributed by atoms with Crippen LogP contribution in [0.2, 0.25) is 0 Å². The predicted molar refractivity (Wildman–Crippen MR) is 52.6 cm³/mol. The first kappa shape index (κ1) is 8.70. The molecule has 0 aromatic carbocycles. The topological polar surface area (TPSA) is 54.5 Å². The Morgan fingerprint density at radius 2 is 2.36 bits per heavy atom.